The first-order valence-electron chi connectivity index (χ1n) is 6.93. The molecular weight excluding hydrogens is 316 g/mol. The summed E-state index contributed by atoms with van der Waals surface area (Å²) in [6, 6.07) is 10.6. The molecule has 0 radical (unpaired) electrons. The summed E-state index contributed by atoms with van der Waals surface area (Å²) < 4.78 is 7.30. The quantitative estimate of drug-likeness (QED) is 0.612. The van der Waals surface area contributed by atoms with Gasteiger partial charge in [0.1, 0.15) is 16.9 Å². The van der Waals surface area contributed by atoms with Crippen molar-refractivity contribution in [3.8, 4) is 5.82 Å². The number of fused-ring (bicyclic) bond motifs is 3. The number of halogens is 1. The first kappa shape index (κ1) is 13.8. The van der Waals surface area contributed by atoms with Crippen LogP contribution in [0.1, 0.15) is 0 Å². The second kappa shape index (κ2) is 5.10. The largest absolute Gasteiger partial charge is 0.450 e. The summed E-state index contributed by atoms with van der Waals surface area (Å²) in [5.74, 6) is 0.852. The van der Waals surface area contributed by atoms with Crippen LogP contribution in [0.3, 0.4) is 0 Å². The maximum Gasteiger partial charge on any atom is 0.356 e. The molecule has 0 saturated carbocycles. The van der Waals surface area contributed by atoms with Gasteiger partial charge in [0.15, 0.2) is 11.4 Å². The Labute approximate surface area is 135 Å². The van der Waals surface area contributed by atoms with Gasteiger partial charge in [0.25, 0.3) is 0 Å². The van der Waals surface area contributed by atoms with Crippen LogP contribution in [0.5, 0.6) is 0 Å². The van der Waals surface area contributed by atoms with Crippen molar-refractivity contribution in [1.82, 2.24) is 14.5 Å². The topological polar surface area (TPSA) is 73.0 Å². The highest BCUT2D eigenvalue weighted by atomic mass is 35.5. The van der Waals surface area contributed by atoms with E-state index in [0.717, 1.165) is 5.39 Å². The fourth-order valence-electron chi connectivity index (χ4n) is 2.60. The Hall–Kier alpha value is -2.86. The highest BCUT2D eigenvalue weighted by Gasteiger charge is 2.19. The fourth-order valence-corrected chi connectivity index (χ4v) is 2.77. The lowest BCUT2D eigenvalue weighted by Gasteiger charge is -2.07. The van der Waals surface area contributed by atoms with E-state index in [1.807, 2.05) is 6.07 Å². The minimum Gasteiger partial charge on any atom is -0.450 e. The summed E-state index contributed by atoms with van der Waals surface area (Å²) in [4.78, 5) is 20.8. The van der Waals surface area contributed by atoms with Gasteiger partial charge in [0.2, 0.25) is 0 Å². The number of nitrogens with one attached hydrogen (secondary N) is 1. The molecule has 3 heterocycles. The van der Waals surface area contributed by atoms with Gasteiger partial charge in [-0.1, -0.05) is 17.7 Å². The van der Waals surface area contributed by atoms with E-state index < -0.39 is 5.69 Å². The number of hydrogen-bond acceptors (Lipinski definition) is 5. The van der Waals surface area contributed by atoms with Gasteiger partial charge in [-0.25, -0.2) is 14.3 Å². The van der Waals surface area contributed by atoms with Crippen LogP contribution in [0.4, 0.5) is 5.82 Å². The minimum absolute atomic E-state index is 0.379. The van der Waals surface area contributed by atoms with Crippen molar-refractivity contribution in [2.75, 3.05) is 12.4 Å². The monoisotopic (exact) mass is 326 g/mol. The molecule has 23 heavy (non-hydrogen) atoms. The van der Waals surface area contributed by atoms with Crippen LogP contribution < -0.4 is 11.0 Å². The third-order valence-electron chi connectivity index (χ3n) is 3.58. The Balaban J connectivity index is 2.26. The molecule has 4 aromatic rings. The average Bonchev–Trinajstić information content (AvgIpc) is 2.93. The number of furan rings is 1. The normalized spacial score (nSPS) is 11.2. The predicted octanol–water partition coefficient (Wildman–Crippen LogP) is 3.22. The standard InChI is InChI=1S/C16H11ClN4O2/c1-18-15-14-13(10-8-9(17)5-6-11(10)23-14)21(16(22)20-15)12-4-2-3-7-19-12/h2-8H,1H3,(H,18,20,22). The van der Waals surface area contributed by atoms with Gasteiger partial charge in [-0.15, -0.1) is 0 Å². The van der Waals surface area contributed by atoms with Crippen LogP contribution in [0.25, 0.3) is 27.9 Å². The minimum atomic E-state index is -0.441. The van der Waals surface area contributed by atoms with Gasteiger partial charge in [-0.05, 0) is 30.3 Å². The zero-order valence-corrected chi connectivity index (χ0v) is 12.8. The summed E-state index contributed by atoms with van der Waals surface area (Å²) in [7, 11) is 1.69. The lowest BCUT2D eigenvalue weighted by atomic mass is 10.2. The predicted molar refractivity (Wildman–Crippen MR) is 89.5 cm³/mol. The van der Waals surface area contributed by atoms with E-state index >= 15 is 0 Å². The molecule has 0 bridgehead atoms. The Morgan fingerprint density at radius 3 is 2.87 bits per heavy atom. The number of nitrogens with zero attached hydrogens (tertiary/aromatic N) is 3. The van der Waals surface area contributed by atoms with Crippen LogP contribution in [0.15, 0.2) is 51.8 Å². The molecule has 3 aromatic heterocycles. The summed E-state index contributed by atoms with van der Waals surface area (Å²) in [5, 5.41) is 4.18. The number of anilines is 1. The molecule has 114 valence electrons. The molecule has 7 heteroatoms. The van der Waals surface area contributed by atoms with E-state index in [-0.39, 0.29) is 0 Å². The third kappa shape index (κ3) is 2.07. The van der Waals surface area contributed by atoms with Crippen molar-refractivity contribution in [1.29, 1.82) is 0 Å². The molecule has 0 aliphatic carbocycles. The van der Waals surface area contributed by atoms with Gasteiger partial charge in [-0.2, -0.15) is 4.98 Å². The molecule has 0 spiro atoms. The summed E-state index contributed by atoms with van der Waals surface area (Å²) in [6.07, 6.45) is 1.62. The molecule has 0 saturated heterocycles. The molecule has 6 nitrogen and oxygen atoms in total. The van der Waals surface area contributed by atoms with Gasteiger partial charge >= 0.3 is 5.69 Å². The Bertz CT molecular complexity index is 1090. The lowest BCUT2D eigenvalue weighted by molar-refractivity contribution is 0.664. The fraction of sp³-hybridized carbons (Fsp3) is 0.0625. The van der Waals surface area contributed by atoms with Gasteiger partial charge < -0.3 is 9.73 Å². The molecule has 0 aliphatic rings. The summed E-state index contributed by atoms with van der Waals surface area (Å²) in [5.41, 5.74) is 1.25. The second-order valence-electron chi connectivity index (χ2n) is 4.94. The highest BCUT2D eigenvalue weighted by molar-refractivity contribution is 6.31. The molecule has 4 rings (SSSR count). The number of benzene rings is 1. The zero-order valence-electron chi connectivity index (χ0n) is 12.1. The van der Waals surface area contributed by atoms with Crippen LogP contribution in [-0.4, -0.2) is 21.6 Å². The molecule has 1 N–H and O–H groups in total. The van der Waals surface area contributed by atoms with Crippen LogP contribution in [0.2, 0.25) is 5.02 Å². The molecular formula is C16H11ClN4O2. The second-order valence-corrected chi connectivity index (χ2v) is 5.37. The maximum atomic E-state index is 12.5. The summed E-state index contributed by atoms with van der Waals surface area (Å²) >= 11 is 6.11. The molecule has 0 aliphatic heterocycles. The smallest absolute Gasteiger partial charge is 0.356 e. The van der Waals surface area contributed by atoms with Gasteiger partial charge in [0.05, 0.1) is 0 Å². The SMILES string of the molecule is CNc1nc(=O)n(-c2ccccn2)c2c1oc1ccc(Cl)cc12. The van der Waals surface area contributed by atoms with Crippen molar-refractivity contribution < 1.29 is 4.42 Å². The molecule has 0 unspecified atom stereocenters. The number of rotatable bonds is 2. The molecule has 1 aromatic carbocycles. The van der Waals surface area contributed by atoms with E-state index in [4.69, 9.17) is 16.0 Å². The number of pyridine rings is 1. The third-order valence-corrected chi connectivity index (χ3v) is 3.81. The van der Waals surface area contributed by atoms with Crippen molar-refractivity contribution in [2.24, 2.45) is 0 Å². The van der Waals surface area contributed by atoms with E-state index in [9.17, 15) is 4.79 Å². The lowest BCUT2D eigenvalue weighted by Crippen LogP contribution is -2.23. The van der Waals surface area contributed by atoms with Gasteiger partial charge in [-0.3, -0.25) is 0 Å². The Morgan fingerprint density at radius 2 is 2.13 bits per heavy atom. The Kier molecular flexibility index (Phi) is 3.06. The van der Waals surface area contributed by atoms with E-state index in [1.54, 1.807) is 43.6 Å². The van der Waals surface area contributed by atoms with Crippen molar-refractivity contribution >= 4 is 39.5 Å². The number of hydrogen-bond donors (Lipinski definition) is 1. The van der Waals surface area contributed by atoms with E-state index in [1.165, 1.54) is 4.57 Å². The first-order chi connectivity index (χ1) is 11.2. The van der Waals surface area contributed by atoms with Crippen molar-refractivity contribution in [2.45, 2.75) is 0 Å². The maximum absolute atomic E-state index is 12.5. The van der Waals surface area contributed by atoms with E-state index in [2.05, 4.69) is 15.3 Å². The number of aromatic nitrogens is 3. The average molecular weight is 327 g/mol. The van der Waals surface area contributed by atoms with Crippen molar-refractivity contribution in [3.05, 3.63) is 58.1 Å². The van der Waals surface area contributed by atoms with Crippen LogP contribution in [0, 0.1) is 0 Å². The van der Waals surface area contributed by atoms with E-state index in [0.29, 0.717) is 33.3 Å². The van der Waals surface area contributed by atoms with Crippen LogP contribution in [-0.2, 0) is 0 Å². The Morgan fingerprint density at radius 1 is 1.26 bits per heavy atom. The van der Waals surface area contributed by atoms with Crippen LogP contribution >= 0.6 is 11.6 Å². The zero-order chi connectivity index (χ0) is 16.0. The highest BCUT2D eigenvalue weighted by Crippen LogP contribution is 2.33. The summed E-state index contributed by atoms with van der Waals surface area (Å²) in [6.45, 7) is 0. The molecule has 0 atom stereocenters. The van der Waals surface area contributed by atoms with Gasteiger partial charge in [0, 0.05) is 23.7 Å². The molecule has 0 fully saturated rings. The first-order valence-corrected chi connectivity index (χ1v) is 7.31. The molecule has 0 amide bonds. The van der Waals surface area contributed by atoms with Crippen molar-refractivity contribution in [3.63, 3.8) is 0 Å².